The van der Waals surface area contributed by atoms with Crippen molar-refractivity contribution in [3.63, 3.8) is 0 Å². The first-order valence-electron chi connectivity index (χ1n) is 7.39. The Morgan fingerprint density at radius 1 is 1.33 bits per heavy atom. The molecule has 0 aliphatic rings. The summed E-state index contributed by atoms with van der Waals surface area (Å²) in [5, 5.41) is 2.83. The number of hydrogen-bond acceptors (Lipinski definition) is 6. The zero-order valence-corrected chi connectivity index (χ0v) is 14.6. The highest BCUT2D eigenvalue weighted by Gasteiger charge is 2.27. The molecule has 132 valence electrons. The standard InChI is InChI=1S/C16H21ClN2O5/c1-4-9(2)14(16(22)23-3)19-13(20)8-24-15(21)10-5-6-11(17)12(18)7-10/h5-7,9,14H,4,8,18H2,1-3H3,(H,19,20). The second-order valence-electron chi connectivity index (χ2n) is 5.27. The summed E-state index contributed by atoms with van der Waals surface area (Å²) < 4.78 is 9.58. The van der Waals surface area contributed by atoms with E-state index >= 15 is 0 Å². The normalized spacial score (nSPS) is 12.8. The fourth-order valence-corrected chi connectivity index (χ4v) is 2.01. The monoisotopic (exact) mass is 356 g/mol. The van der Waals surface area contributed by atoms with Crippen molar-refractivity contribution in [1.29, 1.82) is 0 Å². The molecule has 7 nitrogen and oxygen atoms in total. The Balaban J connectivity index is 2.62. The Morgan fingerprint density at radius 3 is 2.54 bits per heavy atom. The molecular weight excluding hydrogens is 336 g/mol. The summed E-state index contributed by atoms with van der Waals surface area (Å²) in [6, 6.07) is 3.47. The van der Waals surface area contributed by atoms with E-state index in [0.29, 0.717) is 11.4 Å². The molecule has 0 radical (unpaired) electrons. The second kappa shape index (κ2) is 9.12. The number of carbonyl (C=O) groups is 3. The van der Waals surface area contributed by atoms with Gasteiger partial charge in [0.1, 0.15) is 6.04 Å². The van der Waals surface area contributed by atoms with Crippen LogP contribution < -0.4 is 11.1 Å². The molecule has 1 aromatic rings. The minimum Gasteiger partial charge on any atom is -0.467 e. The third-order valence-corrected chi connectivity index (χ3v) is 3.89. The number of nitrogens with two attached hydrogens (primary N) is 1. The largest absolute Gasteiger partial charge is 0.467 e. The maximum Gasteiger partial charge on any atom is 0.338 e. The molecule has 3 N–H and O–H groups in total. The van der Waals surface area contributed by atoms with Crippen LogP contribution in [-0.2, 0) is 19.1 Å². The predicted molar refractivity (Wildman–Crippen MR) is 89.5 cm³/mol. The van der Waals surface area contributed by atoms with Crippen molar-refractivity contribution >= 4 is 35.1 Å². The molecule has 1 amide bonds. The SMILES string of the molecule is CCC(C)C(NC(=O)COC(=O)c1ccc(Cl)c(N)c1)C(=O)OC. The van der Waals surface area contributed by atoms with E-state index in [1.54, 1.807) is 0 Å². The molecule has 1 aromatic carbocycles. The molecular formula is C16H21ClN2O5. The summed E-state index contributed by atoms with van der Waals surface area (Å²) >= 11 is 5.77. The molecule has 0 saturated heterocycles. The Kier molecular flexibility index (Phi) is 7.51. The molecule has 0 spiro atoms. The van der Waals surface area contributed by atoms with E-state index in [2.05, 4.69) is 10.1 Å². The average molecular weight is 357 g/mol. The van der Waals surface area contributed by atoms with Crippen LogP contribution in [0.3, 0.4) is 0 Å². The van der Waals surface area contributed by atoms with Gasteiger partial charge >= 0.3 is 11.9 Å². The van der Waals surface area contributed by atoms with E-state index in [1.165, 1.54) is 25.3 Å². The molecule has 0 heterocycles. The van der Waals surface area contributed by atoms with Gasteiger partial charge in [0, 0.05) is 0 Å². The van der Waals surface area contributed by atoms with Gasteiger partial charge in [-0.1, -0.05) is 31.9 Å². The van der Waals surface area contributed by atoms with Crippen LogP contribution in [0.4, 0.5) is 5.69 Å². The van der Waals surface area contributed by atoms with Crippen molar-refractivity contribution in [2.24, 2.45) is 5.92 Å². The van der Waals surface area contributed by atoms with Gasteiger partial charge in [-0.3, -0.25) is 4.79 Å². The fraction of sp³-hybridized carbons (Fsp3) is 0.438. The molecule has 1 rings (SSSR count). The van der Waals surface area contributed by atoms with Crippen LogP contribution in [0.25, 0.3) is 0 Å². The molecule has 24 heavy (non-hydrogen) atoms. The summed E-state index contributed by atoms with van der Waals surface area (Å²) in [4.78, 5) is 35.5. The van der Waals surface area contributed by atoms with Crippen molar-refractivity contribution in [1.82, 2.24) is 5.32 Å². The van der Waals surface area contributed by atoms with Gasteiger partial charge in [0.2, 0.25) is 0 Å². The third kappa shape index (κ3) is 5.42. The molecule has 0 aliphatic carbocycles. The van der Waals surface area contributed by atoms with Crippen LogP contribution in [0.5, 0.6) is 0 Å². The van der Waals surface area contributed by atoms with Gasteiger partial charge in [-0.05, 0) is 24.1 Å². The molecule has 0 fully saturated rings. The Bertz CT molecular complexity index is 620. The third-order valence-electron chi connectivity index (χ3n) is 3.55. The van der Waals surface area contributed by atoms with Gasteiger partial charge in [0.05, 0.1) is 23.4 Å². The van der Waals surface area contributed by atoms with Crippen molar-refractivity contribution in [2.75, 3.05) is 19.5 Å². The van der Waals surface area contributed by atoms with Gasteiger partial charge in [-0.15, -0.1) is 0 Å². The smallest absolute Gasteiger partial charge is 0.338 e. The summed E-state index contributed by atoms with van der Waals surface area (Å²) in [7, 11) is 1.24. The van der Waals surface area contributed by atoms with E-state index < -0.39 is 30.5 Å². The minimum atomic E-state index is -0.794. The molecule has 2 unspecified atom stereocenters. The maximum absolute atomic E-state index is 11.9. The van der Waals surface area contributed by atoms with Gasteiger partial charge in [-0.2, -0.15) is 0 Å². The lowest BCUT2D eigenvalue weighted by Gasteiger charge is -2.21. The Morgan fingerprint density at radius 2 is 2.00 bits per heavy atom. The van der Waals surface area contributed by atoms with Crippen molar-refractivity contribution in [2.45, 2.75) is 26.3 Å². The lowest BCUT2D eigenvalue weighted by Crippen LogP contribution is -2.47. The summed E-state index contributed by atoms with van der Waals surface area (Å²) in [6.45, 7) is 3.17. The number of nitrogens with one attached hydrogen (secondary N) is 1. The van der Waals surface area contributed by atoms with Crippen molar-refractivity contribution < 1.29 is 23.9 Å². The van der Waals surface area contributed by atoms with Crippen LogP contribution in [0.1, 0.15) is 30.6 Å². The average Bonchev–Trinajstić information content (AvgIpc) is 2.58. The number of anilines is 1. The van der Waals surface area contributed by atoms with Crippen molar-refractivity contribution in [3.05, 3.63) is 28.8 Å². The molecule has 0 saturated carbocycles. The maximum atomic E-state index is 11.9. The number of methoxy groups -OCH3 is 1. The Hall–Kier alpha value is -2.28. The first-order chi connectivity index (χ1) is 11.3. The summed E-state index contributed by atoms with van der Waals surface area (Å²) in [6.07, 6.45) is 0.671. The predicted octanol–water partition coefficient (Wildman–Crippen LogP) is 1.78. The number of benzene rings is 1. The summed E-state index contributed by atoms with van der Waals surface area (Å²) in [5.74, 6) is -1.98. The number of hydrogen-bond donors (Lipinski definition) is 2. The number of carbonyl (C=O) groups excluding carboxylic acids is 3. The molecule has 0 aliphatic heterocycles. The van der Waals surface area contributed by atoms with Crippen LogP contribution in [0, 0.1) is 5.92 Å². The van der Waals surface area contributed by atoms with E-state index in [1.807, 2.05) is 13.8 Å². The van der Waals surface area contributed by atoms with Gasteiger partial charge in [-0.25, -0.2) is 9.59 Å². The van der Waals surface area contributed by atoms with E-state index in [0.717, 1.165) is 0 Å². The van der Waals surface area contributed by atoms with Gasteiger partial charge in [0.25, 0.3) is 5.91 Å². The molecule has 2 atom stereocenters. The van der Waals surface area contributed by atoms with E-state index in [4.69, 9.17) is 22.1 Å². The number of ether oxygens (including phenoxy) is 2. The number of amides is 1. The van der Waals surface area contributed by atoms with E-state index in [9.17, 15) is 14.4 Å². The number of nitrogen functional groups attached to an aromatic ring is 1. The number of halogens is 1. The van der Waals surface area contributed by atoms with Crippen molar-refractivity contribution in [3.8, 4) is 0 Å². The lowest BCUT2D eigenvalue weighted by atomic mass is 9.99. The quantitative estimate of drug-likeness (QED) is 0.569. The highest BCUT2D eigenvalue weighted by atomic mass is 35.5. The molecule has 0 aromatic heterocycles. The van der Waals surface area contributed by atoms with Crippen LogP contribution in [0.2, 0.25) is 5.02 Å². The van der Waals surface area contributed by atoms with Crippen LogP contribution >= 0.6 is 11.6 Å². The number of esters is 2. The Labute approximate surface area is 145 Å². The topological polar surface area (TPSA) is 108 Å². The van der Waals surface area contributed by atoms with Crippen LogP contribution in [0.15, 0.2) is 18.2 Å². The lowest BCUT2D eigenvalue weighted by molar-refractivity contribution is -0.147. The molecule has 0 bridgehead atoms. The molecule has 8 heteroatoms. The van der Waals surface area contributed by atoms with Gasteiger partial charge < -0.3 is 20.5 Å². The van der Waals surface area contributed by atoms with E-state index in [-0.39, 0.29) is 17.2 Å². The zero-order chi connectivity index (χ0) is 18.3. The minimum absolute atomic E-state index is 0.117. The zero-order valence-electron chi connectivity index (χ0n) is 13.8. The second-order valence-corrected chi connectivity index (χ2v) is 5.67. The fourth-order valence-electron chi connectivity index (χ4n) is 1.90. The van der Waals surface area contributed by atoms with Gasteiger partial charge in [0.15, 0.2) is 6.61 Å². The van der Waals surface area contributed by atoms with Crippen LogP contribution in [-0.4, -0.2) is 37.6 Å². The highest BCUT2D eigenvalue weighted by Crippen LogP contribution is 2.19. The first kappa shape index (κ1) is 19.8. The number of rotatable bonds is 7. The highest BCUT2D eigenvalue weighted by molar-refractivity contribution is 6.33. The first-order valence-corrected chi connectivity index (χ1v) is 7.77. The summed E-state index contributed by atoms with van der Waals surface area (Å²) in [5.41, 5.74) is 6.02.